The van der Waals surface area contributed by atoms with Crippen LogP contribution in [0.5, 0.6) is 11.5 Å². The standard InChI is InChI=1S/C23H24N4O3S/c1-14(2)24-23-27(25-21-16-8-6-7-9-18(16)26(3)22(21)28)19(13-31-23)17-12-15(29-4)10-11-20(17)30-5/h6-14H,1-5H3/b24-23?,25-21-. The number of hydrogen-bond acceptors (Lipinski definition) is 6. The maximum atomic E-state index is 13.0. The fourth-order valence-corrected chi connectivity index (χ4v) is 4.41. The highest BCUT2D eigenvalue weighted by Gasteiger charge is 2.31. The molecule has 160 valence electrons. The Hall–Kier alpha value is -3.39. The Morgan fingerprint density at radius 1 is 1.03 bits per heavy atom. The third kappa shape index (κ3) is 3.74. The van der Waals surface area contributed by atoms with E-state index < -0.39 is 0 Å². The van der Waals surface area contributed by atoms with E-state index in [2.05, 4.69) is 0 Å². The SMILES string of the molecule is COc1ccc(OC)c(-c2csc(=NC(C)C)n2/N=C2\C(=O)N(C)c3ccccc32)c1. The average Bonchev–Trinajstić information content (AvgIpc) is 3.27. The normalized spacial score (nSPS) is 15.2. The summed E-state index contributed by atoms with van der Waals surface area (Å²) in [6, 6.07) is 13.3. The Kier molecular flexibility index (Phi) is 5.65. The maximum Gasteiger partial charge on any atom is 0.279 e. The largest absolute Gasteiger partial charge is 0.497 e. The summed E-state index contributed by atoms with van der Waals surface area (Å²) in [5.74, 6) is 1.23. The molecule has 1 aliphatic rings. The maximum absolute atomic E-state index is 13.0. The molecule has 0 saturated carbocycles. The van der Waals surface area contributed by atoms with Crippen molar-refractivity contribution in [3.05, 3.63) is 58.2 Å². The minimum absolute atomic E-state index is 0.0689. The van der Waals surface area contributed by atoms with Crippen LogP contribution in [0.4, 0.5) is 5.69 Å². The number of benzene rings is 2. The fraction of sp³-hybridized carbons (Fsp3) is 0.261. The number of rotatable bonds is 5. The van der Waals surface area contributed by atoms with Crippen molar-refractivity contribution in [2.45, 2.75) is 19.9 Å². The van der Waals surface area contributed by atoms with Gasteiger partial charge in [-0.05, 0) is 38.1 Å². The number of methoxy groups -OCH3 is 2. The van der Waals surface area contributed by atoms with Crippen molar-refractivity contribution < 1.29 is 14.3 Å². The number of carbonyl (C=O) groups excluding carboxylic acids is 1. The van der Waals surface area contributed by atoms with Crippen LogP contribution in [-0.2, 0) is 4.79 Å². The molecule has 3 aromatic rings. The third-order valence-electron chi connectivity index (χ3n) is 4.96. The molecule has 0 bridgehead atoms. The fourth-order valence-electron chi connectivity index (χ4n) is 3.45. The molecule has 31 heavy (non-hydrogen) atoms. The van der Waals surface area contributed by atoms with Crippen LogP contribution in [0.2, 0.25) is 0 Å². The summed E-state index contributed by atoms with van der Waals surface area (Å²) >= 11 is 1.47. The van der Waals surface area contributed by atoms with Crippen LogP contribution in [0.25, 0.3) is 11.3 Å². The molecule has 7 nitrogen and oxygen atoms in total. The molecule has 0 saturated heterocycles. The van der Waals surface area contributed by atoms with Gasteiger partial charge < -0.3 is 14.4 Å². The molecule has 2 heterocycles. The van der Waals surface area contributed by atoms with Gasteiger partial charge in [0.15, 0.2) is 5.71 Å². The van der Waals surface area contributed by atoms with E-state index in [-0.39, 0.29) is 11.9 Å². The molecule has 0 unspecified atom stereocenters. The topological polar surface area (TPSA) is 68.4 Å². The van der Waals surface area contributed by atoms with Crippen molar-refractivity contribution >= 4 is 28.6 Å². The van der Waals surface area contributed by atoms with Crippen LogP contribution < -0.4 is 19.2 Å². The van der Waals surface area contributed by atoms with E-state index in [1.807, 2.05) is 61.7 Å². The molecule has 0 spiro atoms. The van der Waals surface area contributed by atoms with E-state index in [0.717, 1.165) is 22.5 Å². The van der Waals surface area contributed by atoms with Crippen LogP contribution in [0, 0.1) is 0 Å². The molecular weight excluding hydrogens is 412 g/mol. The molecule has 0 N–H and O–H groups in total. The molecule has 0 atom stereocenters. The third-order valence-corrected chi connectivity index (χ3v) is 5.79. The second-order valence-electron chi connectivity index (χ2n) is 7.33. The van der Waals surface area contributed by atoms with Crippen molar-refractivity contribution in [1.29, 1.82) is 0 Å². The Morgan fingerprint density at radius 2 is 1.81 bits per heavy atom. The first-order chi connectivity index (χ1) is 14.9. The summed E-state index contributed by atoms with van der Waals surface area (Å²) in [6.07, 6.45) is 0. The number of anilines is 1. The van der Waals surface area contributed by atoms with Gasteiger partial charge in [-0.15, -0.1) is 11.3 Å². The monoisotopic (exact) mass is 436 g/mol. The summed E-state index contributed by atoms with van der Waals surface area (Å²) in [5.41, 5.74) is 3.59. The predicted molar refractivity (Wildman–Crippen MR) is 123 cm³/mol. The minimum atomic E-state index is -0.154. The van der Waals surface area contributed by atoms with E-state index in [9.17, 15) is 4.79 Å². The Morgan fingerprint density at radius 3 is 2.52 bits per heavy atom. The lowest BCUT2D eigenvalue weighted by molar-refractivity contribution is -0.112. The van der Waals surface area contributed by atoms with Crippen molar-refractivity contribution in [3.8, 4) is 22.8 Å². The number of thiazole rings is 1. The van der Waals surface area contributed by atoms with E-state index in [4.69, 9.17) is 19.6 Å². The van der Waals surface area contributed by atoms with E-state index in [0.29, 0.717) is 22.0 Å². The average molecular weight is 437 g/mol. The highest BCUT2D eigenvalue weighted by Crippen LogP contribution is 2.34. The van der Waals surface area contributed by atoms with Crippen molar-refractivity contribution in [2.75, 3.05) is 26.2 Å². The van der Waals surface area contributed by atoms with Gasteiger partial charge in [-0.25, -0.2) is 4.68 Å². The molecule has 1 aliphatic heterocycles. The van der Waals surface area contributed by atoms with Gasteiger partial charge in [0.2, 0.25) is 4.80 Å². The van der Waals surface area contributed by atoms with Crippen LogP contribution in [0.15, 0.2) is 57.9 Å². The number of likely N-dealkylation sites (N-methyl/N-ethyl adjacent to an activating group) is 1. The lowest BCUT2D eigenvalue weighted by Crippen LogP contribution is -2.27. The molecule has 1 amide bonds. The van der Waals surface area contributed by atoms with Crippen LogP contribution >= 0.6 is 11.3 Å². The molecule has 1 aromatic heterocycles. The van der Waals surface area contributed by atoms with Gasteiger partial charge in [-0.1, -0.05) is 18.2 Å². The lowest BCUT2D eigenvalue weighted by Gasteiger charge is -2.11. The smallest absolute Gasteiger partial charge is 0.279 e. The second-order valence-corrected chi connectivity index (χ2v) is 8.17. The zero-order chi connectivity index (χ0) is 22.1. The van der Waals surface area contributed by atoms with Gasteiger partial charge in [-0.3, -0.25) is 9.79 Å². The second kappa shape index (κ2) is 8.39. The first-order valence-electron chi connectivity index (χ1n) is 9.87. The quantitative estimate of drug-likeness (QED) is 0.611. The number of nitrogens with zero attached hydrogens (tertiary/aromatic N) is 4. The number of fused-ring (bicyclic) bond motifs is 1. The summed E-state index contributed by atoms with van der Waals surface area (Å²) in [4.78, 5) is 20.0. The van der Waals surface area contributed by atoms with E-state index >= 15 is 0 Å². The molecule has 2 aromatic carbocycles. The predicted octanol–water partition coefficient (Wildman–Crippen LogP) is 3.77. The van der Waals surface area contributed by atoms with Crippen LogP contribution in [-0.4, -0.2) is 43.6 Å². The summed E-state index contributed by atoms with van der Waals surface area (Å²) in [6.45, 7) is 4.01. The summed E-state index contributed by atoms with van der Waals surface area (Å²) in [5, 5.41) is 6.78. The van der Waals surface area contributed by atoms with Crippen LogP contribution in [0.1, 0.15) is 19.4 Å². The van der Waals surface area contributed by atoms with Crippen molar-refractivity contribution in [3.63, 3.8) is 0 Å². The first kappa shape index (κ1) is 20.9. The number of para-hydroxylation sites is 1. The Balaban J connectivity index is 1.99. The zero-order valence-electron chi connectivity index (χ0n) is 18.1. The van der Waals surface area contributed by atoms with Gasteiger partial charge >= 0.3 is 0 Å². The minimum Gasteiger partial charge on any atom is -0.497 e. The molecule has 0 aliphatic carbocycles. The zero-order valence-corrected chi connectivity index (χ0v) is 18.9. The number of carbonyl (C=O) groups is 1. The number of hydrogen-bond donors (Lipinski definition) is 0. The Bertz CT molecular complexity index is 1240. The molecule has 0 radical (unpaired) electrons. The summed E-state index contributed by atoms with van der Waals surface area (Å²) < 4.78 is 12.7. The van der Waals surface area contributed by atoms with Crippen LogP contribution in [0.3, 0.4) is 0 Å². The van der Waals surface area contributed by atoms with Gasteiger partial charge in [-0.2, -0.15) is 5.10 Å². The van der Waals surface area contributed by atoms with Gasteiger partial charge in [0, 0.05) is 29.6 Å². The van der Waals surface area contributed by atoms with Gasteiger partial charge in [0.1, 0.15) is 11.5 Å². The molecule has 0 fully saturated rings. The number of ether oxygens (including phenoxy) is 2. The highest BCUT2D eigenvalue weighted by molar-refractivity contribution is 7.07. The van der Waals surface area contributed by atoms with Crippen molar-refractivity contribution in [1.82, 2.24) is 4.68 Å². The summed E-state index contributed by atoms with van der Waals surface area (Å²) in [7, 11) is 5.00. The number of aromatic nitrogens is 1. The van der Waals surface area contributed by atoms with Crippen molar-refractivity contribution in [2.24, 2.45) is 10.1 Å². The van der Waals surface area contributed by atoms with Gasteiger partial charge in [0.05, 0.1) is 25.6 Å². The van der Waals surface area contributed by atoms with E-state index in [1.54, 1.807) is 30.8 Å². The Labute approximate surface area is 184 Å². The lowest BCUT2D eigenvalue weighted by atomic mass is 10.1. The van der Waals surface area contributed by atoms with E-state index in [1.165, 1.54) is 11.3 Å². The molecular formula is C23H24N4O3S. The molecule has 4 rings (SSSR count). The highest BCUT2D eigenvalue weighted by atomic mass is 32.1. The molecule has 8 heteroatoms. The number of amides is 1. The van der Waals surface area contributed by atoms with Gasteiger partial charge in [0.25, 0.3) is 5.91 Å². The first-order valence-corrected chi connectivity index (χ1v) is 10.8.